The van der Waals surface area contributed by atoms with Gasteiger partial charge in [0.05, 0.1) is 16.0 Å². The Balaban J connectivity index is 1.62. The first-order chi connectivity index (χ1) is 13.8. The highest BCUT2D eigenvalue weighted by Gasteiger charge is 2.36. The molecule has 0 spiro atoms. The first-order valence-corrected chi connectivity index (χ1v) is 10.7. The molecular weight excluding hydrogens is 394 g/mol. The summed E-state index contributed by atoms with van der Waals surface area (Å²) in [5, 5.41) is 2.57. The molecule has 1 aliphatic rings. The summed E-state index contributed by atoms with van der Waals surface area (Å²) >= 11 is 0. The van der Waals surface area contributed by atoms with E-state index in [1.807, 2.05) is 6.92 Å². The first-order valence-electron chi connectivity index (χ1n) is 9.18. The third kappa shape index (κ3) is 4.52. The maximum Gasteiger partial charge on any atom is 0.262 e. The van der Waals surface area contributed by atoms with Crippen LogP contribution in [0.5, 0.6) is 0 Å². The van der Waals surface area contributed by atoms with Gasteiger partial charge < -0.3 is 5.32 Å². The number of hydrogen-bond acceptors (Lipinski definition) is 5. The Bertz CT molecular complexity index is 1010. The van der Waals surface area contributed by atoms with Gasteiger partial charge in [-0.2, -0.15) is 0 Å². The minimum atomic E-state index is -3.60. The first kappa shape index (κ1) is 20.7. The zero-order chi connectivity index (χ0) is 21.0. The van der Waals surface area contributed by atoms with Crippen molar-refractivity contribution >= 4 is 33.4 Å². The van der Waals surface area contributed by atoms with Crippen molar-refractivity contribution in [1.82, 2.24) is 9.62 Å². The van der Waals surface area contributed by atoms with Crippen LogP contribution in [0.4, 0.5) is 5.69 Å². The molecule has 0 bridgehead atoms. The maximum absolute atomic E-state index is 12.3. The monoisotopic (exact) mass is 415 g/mol. The Morgan fingerprint density at radius 3 is 2.10 bits per heavy atom. The number of carbonyl (C=O) groups excluding carboxylic acids is 3. The van der Waals surface area contributed by atoms with Gasteiger partial charge in [0.1, 0.15) is 6.54 Å². The van der Waals surface area contributed by atoms with Crippen LogP contribution in [0.1, 0.15) is 40.5 Å². The fourth-order valence-corrected chi connectivity index (χ4v) is 3.99. The molecule has 0 aromatic heterocycles. The number of sulfonamides is 1. The van der Waals surface area contributed by atoms with Crippen LogP contribution >= 0.6 is 0 Å². The van der Waals surface area contributed by atoms with Crippen LogP contribution in [0.15, 0.2) is 53.4 Å². The van der Waals surface area contributed by atoms with Crippen LogP contribution in [0, 0.1) is 0 Å². The molecule has 0 saturated carbocycles. The zero-order valence-corrected chi connectivity index (χ0v) is 16.7. The summed E-state index contributed by atoms with van der Waals surface area (Å²) in [5.74, 6) is -1.59. The number of amides is 3. The molecule has 0 unspecified atom stereocenters. The maximum atomic E-state index is 12.3. The standard InChI is InChI=1S/C20H21N3O5S/c1-2-3-12-21-29(27,28)15-10-8-14(9-11-15)22-18(24)13-23-19(25)16-6-4-5-7-17(16)20(23)26/h4-11,21H,2-3,12-13H2,1H3,(H,22,24). The van der Waals surface area contributed by atoms with Crippen molar-refractivity contribution in [2.45, 2.75) is 24.7 Å². The molecule has 152 valence electrons. The number of anilines is 1. The summed E-state index contributed by atoms with van der Waals surface area (Å²) in [5.41, 5.74) is 0.907. The van der Waals surface area contributed by atoms with Crippen molar-refractivity contribution in [3.8, 4) is 0 Å². The number of hydrogen-bond donors (Lipinski definition) is 2. The second-order valence-corrected chi connectivity index (χ2v) is 8.33. The largest absolute Gasteiger partial charge is 0.325 e. The Hall–Kier alpha value is -3.04. The highest BCUT2D eigenvalue weighted by molar-refractivity contribution is 7.89. The number of nitrogens with one attached hydrogen (secondary N) is 2. The van der Waals surface area contributed by atoms with Gasteiger partial charge in [0.2, 0.25) is 15.9 Å². The predicted molar refractivity (Wildman–Crippen MR) is 107 cm³/mol. The summed E-state index contributed by atoms with van der Waals surface area (Å²) in [6, 6.07) is 12.1. The van der Waals surface area contributed by atoms with E-state index in [4.69, 9.17) is 0 Å². The Morgan fingerprint density at radius 2 is 1.55 bits per heavy atom. The Labute approximate surface area is 169 Å². The lowest BCUT2D eigenvalue weighted by Gasteiger charge is -2.14. The van der Waals surface area contributed by atoms with Crippen LogP contribution in [-0.4, -0.2) is 44.1 Å². The predicted octanol–water partition coefficient (Wildman–Crippen LogP) is 2.00. The number of unbranched alkanes of at least 4 members (excludes halogenated alkanes) is 1. The second-order valence-electron chi connectivity index (χ2n) is 6.57. The molecule has 29 heavy (non-hydrogen) atoms. The van der Waals surface area contributed by atoms with Gasteiger partial charge in [-0.25, -0.2) is 13.1 Å². The summed E-state index contributed by atoms with van der Waals surface area (Å²) < 4.78 is 26.8. The molecule has 0 saturated heterocycles. The number of carbonyl (C=O) groups is 3. The Morgan fingerprint density at radius 1 is 0.966 bits per heavy atom. The van der Waals surface area contributed by atoms with Crippen LogP contribution in [0.2, 0.25) is 0 Å². The molecule has 1 heterocycles. The molecule has 3 rings (SSSR count). The molecule has 2 aromatic carbocycles. The van der Waals surface area contributed by atoms with E-state index < -0.39 is 34.3 Å². The van der Waals surface area contributed by atoms with Crippen LogP contribution in [-0.2, 0) is 14.8 Å². The summed E-state index contributed by atoms with van der Waals surface area (Å²) in [6.45, 7) is 1.90. The van der Waals surface area contributed by atoms with E-state index >= 15 is 0 Å². The lowest BCUT2D eigenvalue weighted by Crippen LogP contribution is -2.37. The van der Waals surface area contributed by atoms with Crippen molar-refractivity contribution in [2.75, 3.05) is 18.4 Å². The van der Waals surface area contributed by atoms with Gasteiger partial charge in [0.25, 0.3) is 11.8 Å². The topological polar surface area (TPSA) is 113 Å². The van der Waals surface area contributed by atoms with Crippen molar-refractivity contribution in [1.29, 1.82) is 0 Å². The van der Waals surface area contributed by atoms with Gasteiger partial charge in [-0.15, -0.1) is 0 Å². The van der Waals surface area contributed by atoms with Gasteiger partial charge in [-0.05, 0) is 42.8 Å². The zero-order valence-electron chi connectivity index (χ0n) is 15.8. The van der Waals surface area contributed by atoms with Crippen molar-refractivity contribution in [3.05, 3.63) is 59.7 Å². The minimum Gasteiger partial charge on any atom is -0.325 e. The third-order valence-electron chi connectivity index (χ3n) is 4.45. The number of fused-ring (bicyclic) bond motifs is 1. The molecule has 0 aliphatic carbocycles. The lowest BCUT2D eigenvalue weighted by molar-refractivity contribution is -0.116. The molecule has 8 nitrogen and oxygen atoms in total. The minimum absolute atomic E-state index is 0.0898. The number of benzene rings is 2. The Kier molecular flexibility index (Phi) is 6.09. The number of imide groups is 1. The molecule has 9 heteroatoms. The van der Waals surface area contributed by atoms with Gasteiger partial charge in [-0.1, -0.05) is 25.5 Å². The van der Waals surface area contributed by atoms with Crippen LogP contribution in [0.25, 0.3) is 0 Å². The van der Waals surface area contributed by atoms with E-state index in [1.165, 1.54) is 24.3 Å². The van der Waals surface area contributed by atoms with E-state index in [9.17, 15) is 22.8 Å². The normalized spacial score (nSPS) is 13.5. The fraction of sp³-hybridized carbons (Fsp3) is 0.250. The number of rotatable bonds is 8. The highest BCUT2D eigenvalue weighted by atomic mass is 32.2. The second kappa shape index (κ2) is 8.54. The van der Waals surface area contributed by atoms with Gasteiger partial charge >= 0.3 is 0 Å². The summed E-state index contributed by atoms with van der Waals surface area (Å²) in [6.07, 6.45) is 1.62. The lowest BCUT2D eigenvalue weighted by atomic mass is 10.1. The van der Waals surface area contributed by atoms with Gasteiger partial charge in [0, 0.05) is 12.2 Å². The fourth-order valence-electron chi connectivity index (χ4n) is 2.91. The van der Waals surface area contributed by atoms with Crippen molar-refractivity contribution in [3.63, 3.8) is 0 Å². The molecule has 2 N–H and O–H groups in total. The van der Waals surface area contributed by atoms with E-state index in [-0.39, 0.29) is 16.0 Å². The van der Waals surface area contributed by atoms with E-state index in [0.717, 1.165) is 17.7 Å². The van der Waals surface area contributed by atoms with Gasteiger partial charge in [-0.3, -0.25) is 19.3 Å². The smallest absolute Gasteiger partial charge is 0.262 e. The molecular formula is C20H21N3O5S. The van der Waals surface area contributed by atoms with Crippen LogP contribution in [0.3, 0.4) is 0 Å². The third-order valence-corrected chi connectivity index (χ3v) is 5.93. The number of nitrogens with zero attached hydrogens (tertiary/aromatic N) is 1. The van der Waals surface area contributed by atoms with Gasteiger partial charge in [0.15, 0.2) is 0 Å². The van der Waals surface area contributed by atoms with E-state index in [0.29, 0.717) is 12.2 Å². The highest BCUT2D eigenvalue weighted by Crippen LogP contribution is 2.22. The molecule has 2 aromatic rings. The van der Waals surface area contributed by atoms with Crippen LogP contribution < -0.4 is 10.0 Å². The quantitative estimate of drug-likeness (QED) is 0.506. The molecule has 0 fully saturated rings. The summed E-state index contributed by atoms with van der Waals surface area (Å²) in [4.78, 5) is 37.9. The molecule has 0 radical (unpaired) electrons. The molecule has 3 amide bonds. The SMILES string of the molecule is CCCCNS(=O)(=O)c1ccc(NC(=O)CN2C(=O)c3ccccc3C2=O)cc1. The van der Waals surface area contributed by atoms with E-state index in [1.54, 1.807) is 24.3 Å². The summed E-state index contributed by atoms with van der Waals surface area (Å²) in [7, 11) is -3.60. The van der Waals surface area contributed by atoms with Crippen molar-refractivity contribution < 1.29 is 22.8 Å². The molecule has 1 aliphatic heterocycles. The van der Waals surface area contributed by atoms with Crippen molar-refractivity contribution in [2.24, 2.45) is 0 Å². The van der Waals surface area contributed by atoms with E-state index in [2.05, 4.69) is 10.0 Å². The average molecular weight is 415 g/mol. The average Bonchev–Trinajstić information content (AvgIpc) is 2.94. The molecule has 0 atom stereocenters.